The van der Waals surface area contributed by atoms with Crippen LogP contribution in [0.5, 0.6) is 0 Å². The minimum atomic E-state index is -0.693. The first-order valence-corrected chi connectivity index (χ1v) is 5.95. The van der Waals surface area contributed by atoms with E-state index in [-0.39, 0.29) is 19.0 Å². The van der Waals surface area contributed by atoms with Crippen LogP contribution in [0, 0.1) is 5.82 Å². The molecule has 18 heavy (non-hydrogen) atoms. The lowest BCUT2D eigenvalue weighted by atomic mass is 10.3. The van der Waals surface area contributed by atoms with E-state index in [0.717, 1.165) is 0 Å². The van der Waals surface area contributed by atoms with Crippen molar-refractivity contribution < 1.29 is 19.0 Å². The van der Waals surface area contributed by atoms with Crippen LogP contribution in [-0.4, -0.2) is 44.7 Å². The van der Waals surface area contributed by atoms with Gasteiger partial charge in [0.15, 0.2) is 0 Å². The number of anilines is 1. The monoisotopic (exact) mass is 277 g/mol. The van der Waals surface area contributed by atoms with Crippen LogP contribution in [0.4, 0.5) is 10.1 Å². The Kier molecular flexibility index (Phi) is 6.97. The quantitative estimate of drug-likeness (QED) is 0.713. The third-order valence-electron chi connectivity index (χ3n) is 2.20. The van der Waals surface area contributed by atoms with Gasteiger partial charge in [0.2, 0.25) is 0 Å². The molecule has 1 aromatic carbocycles. The first kappa shape index (κ1) is 15.2. The van der Waals surface area contributed by atoms with E-state index in [9.17, 15) is 9.50 Å². The Hall–Kier alpha value is -0.880. The van der Waals surface area contributed by atoms with Crippen molar-refractivity contribution in [3.05, 3.63) is 29.0 Å². The molecule has 0 bridgehead atoms. The van der Waals surface area contributed by atoms with Gasteiger partial charge in [0.1, 0.15) is 5.82 Å². The molecule has 0 aliphatic rings. The number of halogens is 2. The Morgan fingerprint density at radius 3 is 2.94 bits per heavy atom. The van der Waals surface area contributed by atoms with Crippen molar-refractivity contribution in [2.45, 2.75) is 6.10 Å². The summed E-state index contributed by atoms with van der Waals surface area (Å²) in [5.74, 6) is -0.382. The molecule has 0 fully saturated rings. The van der Waals surface area contributed by atoms with Crippen LogP contribution in [0.3, 0.4) is 0 Å². The van der Waals surface area contributed by atoms with Crippen LogP contribution in [0.25, 0.3) is 0 Å². The molecule has 1 unspecified atom stereocenters. The van der Waals surface area contributed by atoms with Crippen LogP contribution < -0.4 is 5.32 Å². The summed E-state index contributed by atoms with van der Waals surface area (Å²) >= 11 is 5.87. The van der Waals surface area contributed by atoms with Crippen molar-refractivity contribution in [1.82, 2.24) is 0 Å². The topological polar surface area (TPSA) is 50.7 Å². The van der Waals surface area contributed by atoms with Crippen molar-refractivity contribution >= 4 is 17.3 Å². The van der Waals surface area contributed by atoms with E-state index < -0.39 is 6.10 Å². The van der Waals surface area contributed by atoms with Gasteiger partial charge in [-0.15, -0.1) is 0 Å². The average Bonchev–Trinajstić information content (AvgIpc) is 2.36. The zero-order valence-electron chi connectivity index (χ0n) is 10.2. The Bertz CT molecular complexity index is 365. The molecule has 0 radical (unpaired) electrons. The van der Waals surface area contributed by atoms with Gasteiger partial charge in [0.25, 0.3) is 0 Å². The van der Waals surface area contributed by atoms with E-state index in [4.69, 9.17) is 21.1 Å². The molecule has 1 rings (SSSR count). The third kappa shape index (κ3) is 5.64. The molecule has 0 saturated heterocycles. The van der Waals surface area contributed by atoms with E-state index in [1.54, 1.807) is 7.11 Å². The van der Waals surface area contributed by atoms with Crippen LogP contribution in [-0.2, 0) is 9.47 Å². The Labute approximate surface area is 111 Å². The maximum atomic E-state index is 13.0. The van der Waals surface area contributed by atoms with Gasteiger partial charge in [-0.1, -0.05) is 11.6 Å². The van der Waals surface area contributed by atoms with Gasteiger partial charge in [-0.3, -0.25) is 0 Å². The first-order valence-electron chi connectivity index (χ1n) is 5.57. The van der Waals surface area contributed by atoms with Crippen molar-refractivity contribution in [3.8, 4) is 0 Å². The van der Waals surface area contributed by atoms with Gasteiger partial charge in [0, 0.05) is 13.7 Å². The summed E-state index contributed by atoms with van der Waals surface area (Å²) in [5, 5.41) is 12.9. The molecule has 0 spiro atoms. The highest BCUT2D eigenvalue weighted by molar-refractivity contribution is 6.33. The molecule has 6 heteroatoms. The van der Waals surface area contributed by atoms with Gasteiger partial charge in [-0.2, -0.15) is 0 Å². The molecule has 0 heterocycles. The SMILES string of the molecule is COCCOCC(O)CNc1cc(F)ccc1Cl. The smallest absolute Gasteiger partial charge is 0.125 e. The molecule has 1 aromatic rings. The maximum absolute atomic E-state index is 13.0. The van der Waals surface area contributed by atoms with E-state index in [0.29, 0.717) is 23.9 Å². The second kappa shape index (κ2) is 8.26. The highest BCUT2D eigenvalue weighted by atomic mass is 35.5. The number of nitrogens with one attached hydrogen (secondary N) is 1. The summed E-state index contributed by atoms with van der Waals surface area (Å²) in [7, 11) is 1.58. The molecule has 2 N–H and O–H groups in total. The minimum Gasteiger partial charge on any atom is -0.389 e. The summed E-state index contributed by atoms with van der Waals surface area (Å²) < 4.78 is 22.9. The number of aliphatic hydroxyl groups excluding tert-OH is 1. The Balaban J connectivity index is 2.29. The van der Waals surface area contributed by atoms with Crippen molar-refractivity contribution in [2.24, 2.45) is 0 Å². The predicted molar refractivity (Wildman–Crippen MR) is 68.6 cm³/mol. The van der Waals surface area contributed by atoms with Gasteiger partial charge >= 0.3 is 0 Å². The largest absolute Gasteiger partial charge is 0.389 e. The summed E-state index contributed by atoms with van der Waals surface area (Å²) in [6, 6.07) is 4.01. The number of hydrogen-bond acceptors (Lipinski definition) is 4. The zero-order valence-corrected chi connectivity index (χ0v) is 10.9. The van der Waals surface area contributed by atoms with Crippen LogP contribution in [0.2, 0.25) is 5.02 Å². The summed E-state index contributed by atoms with van der Waals surface area (Å²) in [5.41, 5.74) is 0.451. The van der Waals surface area contributed by atoms with E-state index in [1.807, 2.05) is 0 Å². The Morgan fingerprint density at radius 2 is 2.22 bits per heavy atom. The predicted octanol–water partition coefficient (Wildman–Crippen LogP) is 1.91. The summed E-state index contributed by atoms with van der Waals surface area (Å²) in [6.07, 6.45) is -0.693. The second-order valence-corrected chi connectivity index (χ2v) is 4.13. The van der Waals surface area contributed by atoms with Gasteiger partial charge in [0.05, 0.1) is 36.6 Å². The van der Waals surface area contributed by atoms with Crippen LogP contribution in [0.1, 0.15) is 0 Å². The average molecular weight is 278 g/mol. The maximum Gasteiger partial charge on any atom is 0.125 e. The van der Waals surface area contributed by atoms with E-state index in [2.05, 4.69) is 5.32 Å². The molecular formula is C12H17ClFNO3. The lowest BCUT2D eigenvalue weighted by Gasteiger charge is -2.14. The number of benzene rings is 1. The molecule has 0 saturated carbocycles. The highest BCUT2D eigenvalue weighted by Crippen LogP contribution is 2.22. The second-order valence-electron chi connectivity index (χ2n) is 3.73. The zero-order chi connectivity index (χ0) is 13.4. The van der Waals surface area contributed by atoms with E-state index >= 15 is 0 Å². The molecule has 0 aliphatic carbocycles. The molecule has 102 valence electrons. The molecule has 0 aliphatic heterocycles. The standard InChI is InChI=1S/C12H17ClFNO3/c1-17-4-5-18-8-10(16)7-15-12-6-9(14)2-3-11(12)13/h2-3,6,10,15-16H,4-5,7-8H2,1H3. The summed E-state index contributed by atoms with van der Waals surface area (Å²) in [6.45, 7) is 1.32. The van der Waals surface area contributed by atoms with Crippen molar-refractivity contribution in [1.29, 1.82) is 0 Å². The molecule has 0 amide bonds. The van der Waals surface area contributed by atoms with Crippen molar-refractivity contribution in [2.75, 3.05) is 38.8 Å². The fourth-order valence-corrected chi connectivity index (χ4v) is 1.47. The van der Waals surface area contributed by atoms with Crippen molar-refractivity contribution in [3.63, 3.8) is 0 Å². The third-order valence-corrected chi connectivity index (χ3v) is 2.53. The molecule has 4 nitrogen and oxygen atoms in total. The molecule has 1 atom stereocenters. The van der Waals surface area contributed by atoms with Gasteiger partial charge in [-0.25, -0.2) is 4.39 Å². The number of aliphatic hydroxyl groups is 1. The fourth-order valence-electron chi connectivity index (χ4n) is 1.28. The van der Waals surface area contributed by atoms with Crippen LogP contribution >= 0.6 is 11.6 Å². The van der Waals surface area contributed by atoms with Gasteiger partial charge in [-0.05, 0) is 18.2 Å². The lowest BCUT2D eigenvalue weighted by molar-refractivity contribution is 0.0182. The van der Waals surface area contributed by atoms with Crippen LogP contribution in [0.15, 0.2) is 18.2 Å². The lowest BCUT2D eigenvalue weighted by Crippen LogP contribution is -2.25. The number of hydrogen-bond donors (Lipinski definition) is 2. The highest BCUT2D eigenvalue weighted by Gasteiger charge is 2.06. The molecule has 0 aromatic heterocycles. The summed E-state index contributed by atoms with van der Waals surface area (Å²) in [4.78, 5) is 0. The van der Waals surface area contributed by atoms with E-state index in [1.165, 1.54) is 18.2 Å². The minimum absolute atomic E-state index is 0.184. The number of rotatable bonds is 8. The molecular weight excluding hydrogens is 261 g/mol. The number of ether oxygens (including phenoxy) is 2. The fraction of sp³-hybridized carbons (Fsp3) is 0.500. The first-order chi connectivity index (χ1) is 8.63. The Morgan fingerprint density at radius 1 is 1.44 bits per heavy atom. The normalized spacial score (nSPS) is 12.4. The van der Waals surface area contributed by atoms with Gasteiger partial charge < -0.3 is 19.9 Å². The number of methoxy groups -OCH3 is 1.